The highest BCUT2D eigenvalue weighted by atomic mass is 16.7. The second-order valence-corrected chi connectivity index (χ2v) is 6.07. The summed E-state index contributed by atoms with van der Waals surface area (Å²) in [6.07, 6.45) is 0.252. The molecule has 0 amide bonds. The van der Waals surface area contributed by atoms with Crippen LogP contribution < -0.4 is 14.2 Å². The minimum atomic E-state index is -0.290. The molecule has 0 aromatic heterocycles. The van der Waals surface area contributed by atoms with Gasteiger partial charge in [0.1, 0.15) is 5.75 Å². The van der Waals surface area contributed by atoms with Crippen molar-refractivity contribution in [1.82, 2.24) is 0 Å². The Morgan fingerprint density at radius 1 is 0.846 bits per heavy atom. The van der Waals surface area contributed by atoms with E-state index in [1.165, 1.54) is 0 Å². The van der Waals surface area contributed by atoms with Gasteiger partial charge in [-0.25, -0.2) is 0 Å². The zero-order valence-electron chi connectivity index (χ0n) is 14.1. The second-order valence-electron chi connectivity index (χ2n) is 6.07. The smallest absolute Gasteiger partial charge is 0.312 e. The van der Waals surface area contributed by atoms with E-state index in [1.54, 1.807) is 18.2 Å². The Balaban J connectivity index is 1.53. The highest BCUT2D eigenvalue weighted by Crippen LogP contribution is 2.35. The summed E-state index contributed by atoms with van der Waals surface area (Å²) in [7, 11) is 0. The average Bonchev–Trinajstić information content (AvgIpc) is 3.15. The van der Waals surface area contributed by atoms with Crippen LogP contribution in [-0.2, 0) is 4.79 Å². The van der Waals surface area contributed by atoms with E-state index in [-0.39, 0.29) is 25.1 Å². The number of fused-ring (bicyclic) bond motifs is 1. The molecule has 0 spiro atoms. The predicted octanol–water partition coefficient (Wildman–Crippen LogP) is 4.54. The summed E-state index contributed by atoms with van der Waals surface area (Å²) in [6.45, 7) is 0.191. The van der Waals surface area contributed by atoms with Crippen molar-refractivity contribution in [1.29, 1.82) is 0 Å². The number of carbonyl (C=O) groups excluding carboxylic acids is 1. The fourth-order valence-corrected chi connectivity index (χ4v) is 3.08. The van der Waals surface area contributed by atoms with Crippen molar-refractivity contribution >= 4 is 5.97 Å². The molecule has 0 saturated heterocycles. The van der Waals surface area contributed by atoms with Crippen LogP contribution in [0.4, 0.5) is 0 Å². The molecule has 0 aliphatic carbocycles. The molecule has 4 heteroatoms. The first-order valence-electron chi connectivity index (χ1n) is 8.50. The van der Waals surface area contributed by atoms with E-state index in [9.17, 15) is 4.79 Å². The molecule has 0 fully saturated rings. The van der Waals surface area contributed by atoms with Gasteiger partial charge in [-0.3, -0.25) is 4.79 Å². The standard InChI is InChI=1S/C22H18O4/c23-22(26-18-11-12-20-21(13-18)25-15-24-20)14-19(16-7-3-1-4-8-16)17-9-5-2-6-10-17/h1-13,19H,14-15H2. The lowest BCUT2D eigenvalue weighted by Crippen LogP contribution is -2.14. The van der Waals surface area contributed by atoms with E-state index in [1.807, 2.05) is 60.7 Å². The fourth-order valence-electron chi connectivity index (χ4n) is 3.08. The topological polar surface area (TPSA) is 44.8 Å². The molecule has 1 aliphatic rings. The lowest BCUT2D eigenvalue weighted by molar-refractivity contribution is -0.134. The molecule has 1 aliphatic heterocycles. The van der Waals surface area contributed by atoms with E-state index in [0.29, 0.717) is 17.2 Å². The number of hydrogen-bond donors (Lipinski definition) is 0. The van der Waals surface area contributed by atoms with Gasteiger partial charge in [-0.2, -0.15) is 0 Å². The third-order valence-electron chi connectivity index (χ3n) is 4.35. The molecule has 3 aromatic rings. The summed E-state index contributed by atoms with van der Waals surface area (Å²) in [5.41, 5.74) is 2.17. The minimum absolute atomic E-state index is 0.0566. The second kappa shape index (κ2) is 7.31. The molecule has 4 nitrogen and oxygen atoms in total. The molecule has 0 unspecified atom stereocenters. The van der Waals surface area contributed by atoms with E-state index in [4.69, 9.17) is 14.2 Å². The first-order valence-corrected chi connectivity index (χ1v) is 8.50. The zero-order valence-corrected chi connectivity index (χ0v) is 14.1. The Bertz CT molecular complexity index is 851. The number of benzene rings is 3. The van der Waals surface area contributed by atoms with Crippen LogP contribution in [0.3, 0.4) is 0 Å². The van der Waals surface area contributed by atoms with Gasteiger partial charge in [0.25, 0.3) is 0 Å². The van der Waals surface area contributed by atoms with E-state index >= 15 is 0 Å². The quantitative estimate of drug-likeness (QED) is 0.502. The molecule has 1 heterocycles. The van der Waals surface area contributed by atoms with Crippen molar-refractivity contribution in [3.63, 3.8) is 0 Å². The Labute approximate surface area is 152 Å². The van der Waals surface area contributed by atoms with Crippen LogP contribution in [0.15, 0.2) is 78.9 Å². The van der Waals surface area contributed by atoms with Gasteiger partial charge in [-0.1, -0.05) is 60.7 Å². The van der Waals surface area contributed by atoms with Gasteiger partial charge < -0.3 is 14.2 Å². The minimum Gasteiger partial charge on any atom is -0.454 e. The van der Waals surface area contributed by atoms with Crippen LogP contribution in [0.1, 0.15) is 23.5 Å². The Morgan fingerprint density at radius 2 is 1.46 bits per heavy atom. The summed E-state index contributed by atoms with van der Waals surface area (Å²) in [5, 5.41) is 0. The number of carbonyl (C=O) groups is 1. The maximum Gasteiger partial charge on any atom is 0.312 e. The van der Waals surface area contributed by atoms with Crippen molar-refractivity contribution in [3.8, 4) is 17.2 Å². The predicted molar refractivity (Wildman–Crippen MR) is 97.5 cm³/mol. The monoisotopic (exact) mass is 346 g/mol. The zero-order chi connectivity index (χ0) is 17.8. The molecule has 0 radical (unpaired) electrons. The van der Waals surface area contributed by atoms with Crippen LogP contribution in [0.2, 0.25) is 0 Å². The molecule has 0 saturated carbocycles. The maximum absolute atomic E-state index is 12.6. The van der Waals surface area contributed by atoms with Gasteiger partial charge in [0.05, 0.1) is 6.42 Å². The lowest BCUT2D eigenvalue weighted by atomic mass is 9.89. The van der Waals surface area contributed by atoms with Gasteiger partial charge in [-0.15, -0.1) is 0 Å². The van der Waals surface area contributed by atoms with Gasteiger partial charge in [0.15, 0.2) is 11.5 Å². The molecule has 4 rings (SSSR count). The van der Waals surface area contributed by atoms with Crippen LogP contribution in [0.5, 0.6) is 17.2 Å². The summed E-state index contributed by atoms with van der Waals surface area (Å²) in [6, 6.07) is 25.1. The first kappa shape index (κ1) is 16.2. The first-order chi connectivity index (χ1) is 12.8. The highest BCUT2D eigenvalue weighted by Gasteiger charge is 2.20. The number of rotatable bonds is 5. The molecule has 0 bridgehead atoms. The fraction of sp³-hybridized carbons (Fsp3) is 0.136. The normalized spacial score (nSPS) is 12.2. The largest absolute Gasteiger partial charge is 0.454 e. The average molecular weight is 346 g/mol. The Hall–Kier alpha value is -3.27. The third kappa shape index (κ3) is 3.54. The Morgan fingerprint density at radius 3 is 2.12 bits per heavy atom. The van der Waals surface area contributed by atoms with Gasteiger partial charge in [-0.05, 0) is 23.3 Å². The van der Waals surface area contributed by atoms with Crippen LogP contribution >= 0.6 is 0 Å². The van der Waals surface area contributed by atoms with E-state index < -0.39 is 0 Å². The lowest BCUT2D eigenvalue weighted by Gasteiger charge is -2.17. The van der Waals surface area contributed by atoms with Crippen molar-refractivity contribution < 1.29 is 19.0 Å². The van der Waals surface area contributed by atoms with Gasteiger partial charge in [0.2, 0.25) is 6.79 Å². The molecule has 0 atom stereocenters. The van der Waals surface area contributed by atoms with Crippen molar-refractivity contribution in [2.45, 2.75) is 12.3 Å². The molecule has 26 heavy (non-hydrogen) atoms. The van der Waals surface area contributed by atoms with Gasteiger partial charge >= 0.3 is 5.97 Å². The van der Waals surface area contributed by atoms with E-state index in [2.05, 4.69) is 0 Å². The highest BCUT2D eigenvalue weighted by molar-refractivity contribution is 5.74. The number of ether oxygens (including phenoxy) is 3. The van der Waals surface area contributed by atoms with Crippen molar-refractivity contribution in [2.24, 2.45) is 0 Å². The third-order valence-corrected chi connectivity index (χ3v) is 4.35. The molecular formula is C22H18O4. The van der Waals surface area contributed by atoms with E-state index in [0.717, 1.165) is 11.1 Å². The van der Waals surface area contributed by atoms with Crippen molar-refractivity contribution in [3.05, 3.63) is 90.0 Å². The molecule has 3 aromatic carbocycles. The number of esters is 1. The van der Waals surface area contributed by atoms with Crippen LogP contribution in [-0.4, -0.2) is 12.8 Å². The van der Waals surface area contributed by atoms with Crippen molar-refractivity contribution in [2.75, 3.05) is 6.79 Å². The summed E-state index contributed by atoms with van der Waals surface area (Å²) >= 11 is 0. The van der Waals surface area contributed by atoms with Crippen LogP contribution in [0.25, 0.3) is 0 Å². The summed E-state index contributed by atoms with van der Waals surface area (Å²) < 4.78 is 16.1. The number of hydrogen-bond acceptors (Lipinski definition) is 4. The summed E-state index contributed by atoms with van der Waals surface area (Å²) in [5.74, 6) is 1.37. The molecule has 0 N–H and O–H groups in total. The SMILES string of the molecule is O=C(CC(c1ccccc1)c1ccccc1)Oc1ccc2c(c1)OCO2. The van der Waals surface area contributed by atoms with Crippen LogP contribution in [0, 0.1) is 0 Å². The Kier molecular flexibility index (Phi) is 4.56. The maximum atomic E-state index is 12.6. The molecular weight excluding hydrogens is 328 g/mol. The summed E-state index contributed by atoms with van der Waals surface area (Å²) in [4.78, 5) is 12.6. The molecule has 130 valence electrons. The van der Waals surface area contributed by atoms with Gasteiger partial charge in [0, 0.05) is 12.0 Å².